The maximum atomic E-state index is 14.7. The van der Waals surface area contributed by atoms with Gasteiger partial charge in [0.25, 0.3) is 0 Å². The molecule has 0 unspecified atom stereocenters. The number of fused-ring (bicyclic) bond motifs is 3. The number of amides is 3. The van der Waals surface area contributed by atoms with E-state index in [1.165, 1.54) is 22.8 Å². The number of nitrogens with zero attached hydrogens (tertiary/aromatic N) is 2. The molecule has 0 aromatic heterocycles. The van der Waals surface area contributed by atoms with Crippen LogP contribution < -0.4 is 4.72 Å². The van der Waals surface area contributed by atoms with Gasteiger partial charge in [-0.05, 0) is 87.5 Å². The fourth-order valence-corrected chi connectivity index (χ4v) is 9.92. The van der Waals surface area contributed by atoms with Gasteiger partial charge in [0.2, 0.25) is 21.8 Å². The molecule has 2 aromatic rings. The summed E-state index contributed by atoms with van der Waals surface area (Å²) in [5, 5.41) is 0. The highest BCUT2D eigenvalue weighted by atomic mass is 32.2. The summed E-state index contributed by atoms with van der Waals surface area (Å²) in [6.45, 7) is 3.31. The second-order valence-corrected chi connectivity index (χ2v) is 18.8. The van der Waals surface area contributed by atoms with Crippen LogP contribution in [0.15, 0.2) is 54.6 Å². The molecule has 13 heteroatoms. The van der Waals surface area contributed by atoms with Gasteiger partial charge in [0.1, 0.15) is 17.7 Å². The summed E-state index contributed by atoms with van der Waals surface area (Å²) in [6, 6.07) is 11.3. The maximum Gasteiger partial charge on any atom is 0.410 e. The van der Waals surface area contributed by atoms with Crippen molar-refractivity contribution in [2.45, 2.75) is 121 Å². The van der Waals surface area contributed by atoms with Crippen LogP contribution in [0.5, 0.6) is 0 Å². The minimum atomic E-state index is -3.96. The highest BCUT2D eigenvalue weighted by molar-refractivity contribution is 7.91. The van der Waals surface area contributed by atoms with E-state index in [-0.39, 0.29) is 62.3 Å². The van der Waals surface area contributed by atoms with E-state index in [1.807, 2.05) is 36.4 Å². The molecular weight excluding hydrogens is 726 g/mol. The fourth-order valence-electron chi connectivity index (χ4n) is 8.59. The number of carbonyl (C=O) groups is 5. The SMILES string of the molecule is CC(=O)Cc1cccc(C[C@H]2CCCCC/C=C\[C@@H]3C[C@@]3(C(=O)NS(=O)(=O)C3(C)CC3)CC(=O)[C@@H]3C[C@@H](OC(=O)N4Cc5cccc(F)c5C4)CN3C2=O)c1. The molecule has 3 heterocycles. The number of allylic oxidation sites excluding steroid dienone is 2. The molecule has 0 radical (unpaired) electrons. The Balaban J connectivity index is 1.16. The van der Waals surface area contributed by atoms with Gasteiger partial charge in [0, 0.05) is 37.3 Å². The number of rotatable bonds is 8. The van der Waals surface area contributed by atoms with E-state index in [9.17, 15) is 36.8 Å². The molecule has 55 heavy (non-hydrogen) atoms. The molecule has 2 aliphatic carbocycles. The van der Waals surface area contributed by atoms with Crippen molar-refractivity contribution < 1.29 is 41.5 Å². The van der Waals surface area contributed by atoms with E-state index in [1.54, 1.807) is 19.1 Å². The molecule has 1 saturated heterocycles. The number of halogens is 1. The van der Waals surface area contributed by atoms with Crippen LogP contribution in [-0.4, -0.2) is 71.1 Å². The van der Waals surface area contributed by atoms with Gasteiger partial charge in [-0.3, -0.25) is 28.8 Å². The molecule has 5 atom stereocenters. The summed E-state index contributed by atoms with van der Waals surface area (Å²) in [5.41, 5.74) is 1.58. The topological polar surface area (TPSA) is 147 Å². The Morgan fingerprint density at radius 3 is 2.53 bits per heavy atom. The Labute approximate surface area is 322 Å². The molecule has 11 nitrogen and oxygen atoms in total. The standard InChI is InChI=1S/C42H50FN3O8S/c1-27(47)18-28-10-8-11-29(19-28)20-30-12-6-4-3-5-7-14-32-22-42(32,39(50)44-55(52,53)41(2)16-17-41)23-37(48)36-21-33(25-46(36)38(30)49)54-40(51)45-24-31-13-9-15-35(43)34(31)26-45/h7-11,13-15,19,30,32-33,36H,3-6,12,16-18,20-26H2,1-2H3,(H,44,50)/b14-7-/t30-,32-,33-,36+,42-/m1/s1. The van der Waals surface area contributed by atoms with Crippen molar-refractivity contribution >= 4 is 39.5 Å². The largest absolute Gasteiger partial charge is 0.444 e. The molecule has 0 bridgehead atoms. The zero-order valence-electron chi connectivity index (χ0n) is 31.6. The molecule has 3 aliphatic heterocycles. The van der Waals surface area contributed by atoms with Gasteiger partial charge in [0.15, 0.2) is 5.78 Å². The van der Waals surface area contributed by atoms with Crippen LogP contribution in [0.3, 0.4) is 0 Å². The third-order valence-electron chi connectivity index (χ3n) is 12.3. The summed E-state index contributed by atoms with van der Waals surface area (Å²) in [6.07, 6.45) is 7.81. The molecular formula is C42H50FN3O8S. The van der Waals surface area contributed by atoms with Crippen molar-refractivity contribution in [3.63, 3.8) is 0 Å². The maximum absolute atomic E-state index is 14.7. The van der Waals surface area contributed by atoms with Crippen molar-refractivity contribution in [1.29, 1.82) is 0 Å². The summed E-state index contributed by atoms with van der Waals surface area (Å²) in [4.78, 5) is 71.4. The number of ether oxygens (including phenoxy) is 1. The Hall–Kier alpha value is -4.39. The second kappa shape index (κ2) is 15.3. The van der Waals surface area contributed by atoms with Crippen molar-refractivity contribution in [2.75, 3.05) is 6.54 Å². The predicted molar refractivity (Wildman–Crippen MR) is 201 cm³/mol. The first-order valence-electron chi connectivity index (χ1n) is 19.5. The van der Waals surface area contributed by atoms with E-state index in [4.69, 9.17) is 4.74 Å². The van der Waals surface area contributed by atoms with E-state index < -0.39 is 56.1 Å². The molecule has 1 N–H and O–H groups in total. The van der Waals surface area contributed by atoms with Crippen molar-refractivity contribution in [3.8, 4) is 0 Å². The lowest BCUT2D eigenvalue weighted by Crippen LogP contribution is -2.47. The Kier molecular flexibility index (Phi) is 10.8. The van der Waals surface area contributed by atoms with Gasteiger partial charge in [0.05, 0.1) is 29.3 Å². The molecule has 3 amide bonds. The number of nitrogens with one attached hydrogen (secondary N) is 1. The van der Waals surface area contributed by atoms with Crippen LogP contribution in [0.2, 0.25) is 0 Å². The smallest absolute Gasteiger partial charge is 0.410 e. The Morgan fingerprint density at radius 1 is 1.02 bits per heavy atom. The van der Waals surface area contributed by atoms with Crippen LogP contribution in [0.25, 0.3) is 0 Å². The predicted octanol–water partition coefficient (Wildman–Crippen LogP) is 5.72. The fraction of sp³-hybridized carbons (Fsp3) is 0.548. The number of hydrogen-bond acceptors (Lipinski definition) is 8. The average molecular weight is 776 g/mol. The number of Topliss-reactive ketones (excluding diaryl/α,β-unsaturated/α-hetero) is 2. The first-order chi connectivity index (χ1) is 26.2. The van der Waals surface area contributed by atoms with Crippen molar-refractivity contribution in [1.82, 2.24) is 14.5 Å². The molecule has 3 fully saturated rings. The quantitative estimate of drug-likeness (QED) is 0.335. The van der Waals surface area contributed by atoms with Gasteiger partial charge < -0.3 is 9.64 Å². The van der Waals surface area contributed by atoms with Crippen LogP contribution in [0.4, 0.5) is 9.18 Å². The highest BCUT2D eigenvalue weighted by Gasteiger charge is 2.62. The van der Waals surface area contributed by atoms with Crippen molar-refractivity contribution in [3.05, 3.63) is 82.7 Å². The summed E-state index contributed by atoms with van der Waals surface area (Å²) < 4.78 is 48.1. The van der Waals surface area contributed by atoms with Gasteiger partial charge in [-0.1, -0.05) is 61.4 Å². The van der Waals surface area contributed by atoms with Gasteiger partial charge in [-0.15, -0.1) is 0 Å². The lowest BCUT2D eigenvalue weighted by molar-refractivity contribution is -0.142. The van der Waals surface area contributed by atoms with E-state index in [2.05, 4.69) is 4.72 Å². The zero-order chi connectivity index (χ0) is 39.1. The average Bonchev–Trinajstić information content (AvgIpc) is 3.92. The third kappa shape index (κ3) is 8.27. The van der Waals surface area contributed by atoms with E-state index in [0.717, 1.165) is 36.8 Å². The zero-order valence-corrected chi connectivity index (χ0v) is 32.4. The monoisotopic (exact) mass is 775 g/mol. The Morgan fingerprint density at radius 2 is 1.78 bits per heavy atom. The minimum Gasteiger partial charge on any atom is -0.444 e. The lowest BCUT2D eigenvalue weighted by atomic mass is 9.89. The number of sulfonamides is 1. The van der Waals surface area contributed by atoms with Crippen LogP contribution >= 0.6 is 0 Å². The normalized spacial score (nSPS) is 28.2. The number of ketones is 2. The molecule has 7 rings (SSSR count). The van der Waals surface area contributed by atoms with Crippen LogP contribution in [0, 0.1) is 23.1 Å². The Bertz CT molecular complexity index is 2030. The molecule has 2 saturated carbocycles. The third-order valence-corrected chi connectivity index (χ3v) is 14.5. The lowest BCUT2D eigenvalue weighted by Gasteiger charge is -2.29. The van der Waals surface area contributed by atoms with Crippen LogP contribution in [-0.2, 0) is 59.9 Å². The van der Waals surface area contributed by atoms with E-state index in [0.29, 0.717) is 43.2 Å². The molecule has 0 spiro atoms. The van der Waals surface area contributed by atoms with Gasteiger partial charge in [-0.25, -0.2) is 17.6 Å². The first kappa shape index (κ1) is 38.9. The summed E-state index contributed by atoms with van der Waals surface area (Å²) in [5.74, 6) is -2.57. The molecule has 5 aliphatic rings. The van der Waals surface area contributed by atoms with Crippen LogP contribution in [0.1, 0.15) is 100 Å². The molecule has 294 valence electrons. The van der Waals surface area contributed by atoms with Crippen molar-refractivity contribution in [2.24, 2.45) is 17.3 Å². The van der Waals surface area contributed by atoms with Gasteiger partial charge in [-0.2, -0.15) is 0 Å². The highest BCUT2D eigenvalue weighted by Crippen LogP contribution is 2.57. The van der Waals surface area contributed by atoms with E-state index >= 15 is 0 Å². The summed E-state index contributed by atoms with van der Waals surface area (Å²) >= 11 is 0. The summed E-state index contributed by atoms with van der Waals surface area (Å²) in [7, 11) is -3.96. The van der Waals surface area contributed by atoms with Gasteiger partial charge >= 0.3 is 6.09 Å². The first-order valence-corrected chi connectivity index (χ1v) is 21.0. The molecule has 2 aromatic carbocycles. The number of benzene rings is 2. The number of hydrogen-bond donors (Lipinski definition) is 1. The minimum absolute atomic E-state index is 0.0147. The number of carbonyl (C=O) groups excluding carboxylic acids is 5. The second-order valence-electron chi connectivity index (χ2n) is 16.6.